The fourth-order valence-corrected chi connectivity index (χ4v) is 2.05. The van der Waals surface area contributed by atoms with Crippen LogP contribution in [0.1, 0.15) is 40.4 Å². The molecule has 2 rings (SSSR count). The Bertz CT molecular complexity index is 604. The van der Waals surface area contributed by atoms with Crippen molar-refractivity contribution in [3.8, 4) is 0 Å². The number of carbonyl (C=O) groups excluding carboxylic acids is 1. The van der Waals surface area contributed by atoms with Crippen LogP contribution < -0.4 is 16.6 Å². The molecule has 0 bridgehead atoms. The molecular weight excluding hydrogens is 256 g/mol. The average molecular weight is 274 g/mol. The number of nitrogens with one attached hydrogen (secondary N) is 2. The second-order valence-electron chi connectivity index (χ2n) is 4.64. The average Bonchev–Trinajstić information content (AvgIpc) is 2.78. The Morgan fingerprint density at radius 1 is 1.40 bits per heavy atom. The van der Waals surface area contributed by atoms with Gasteiger partial charge in [-0.2, -0.15) is 0 Å². The van der Waals surface area contributed by atoms with Gasteiger partial charge in [-0.05, 0) is 39.0 Å². The number of nitrogens with two attached hydrogens (primary N) is 1. The minimum absolute atomic E-state index is 0.132. The maximum absolute atomic E-state index is 12.1. The van der Waals surface area contributed by atoms with Crippen molar-refractivity contribution in [1.29, 1.82) is 0 Å². The summed E-state index contributed by atoms with van der Waals surface area (Å²) in [7, 11) is 0. The minimum atomic E-state index is -0.188. The van der Waals surface area contributed by atoms with Gasteiger partial charge >= 0.3 is 0 Å². The van der Waals surface area contributed by atoms with E-state index in [1.54, 1.807) is 12.1 Å². The highest BCUT2D eigenvalue weighted by atomic mass is 16.3. The lowest BCUT2D eigenvalue weighted by atomic mass is 10.1. The summed E-state index contributed by atoms with van der Waals surface area (Å²) < 4.78 is 5.47. The first-order valence-electron chi connectivity index (χ1n) is 6.31. The van der Waals surface area contributed by atoms with Crippen LogP contribution in [-0.4, -0.2) is 10.9 Å². The molecule has 6 heteroatoms. The van der Waals surface area contributed by atoms with Gasteiger partial charge < -0.3 is 15.2 Å². The van der Waals surface area contributed by atoms with E-state index in [0.717, 1.165) is 17.1 Å². The van der Waals surface area contributed by atoms with E-state index in [1.165, 1.54) is 6.20 Å². The van der Waals surface area contributed by atoms with E-state index in [9.17, 15) is 4.79 Å². The number of nitrogens with zero attached hydrogens (tertiary/aromatic N) is 1. The second kappa shape index (κ2) is 5.75. The van der Waals surface area contributed by atoms with Crippen LogP contribution in [0.2, 0.25) is 0 Å². The highest BCUT2D eigenvalue weighted by Gasteiger charge is 2.16. The number of rotatable bonds is 4. The quantitative estimate of drug-likeness (QED) is 0.586. The molecule has 0 aliphatic rings. The van der Waals surface area contributed by atoms with Gasteiger partial charge in [0.1, 0.15) is 17.3 Å². The molecule has 0 radical (unpaired) electrons. The number of hydrogen-bond donors (Lipinski definition) is 3. The zero-order chi connectivity index (χ0) is 14.7. The minimum Gasteiger partial charge on any atom is -0.466 e. The molecule has 1 atom stereocenters. The maximum atomic E-state index is 12.1. The summed E-state index contributed by atoms with van der Waals surface area (Å²) in [6.07, 6.45) is 1.48. The molecule has 2 aromatic rings. The number of hydrogen-bond acceptors (Lipinski definition) is 5. The second-order valence-corrected chi connectivity index (χ2v) is 4.64. The normalized spacial score (nSPS) is 12.0. The number of pyridine rings is 1. The van der Waals surface area contributed by atoms with Crippen molar-refractivity contribution in [2.45, 2.75) is 26.8 Å². The van der Waals surface area contributed by atoms with Gasteiger partial charge in [0.2, 0.25) is 0 Å². The van der Waals surface area contributed by atoms with Gasteiger partial charge in [-0.1, -0.05) is 0 Å². The largest absolute Gasteiger partial charge is 0.466 e. The number of aryl methyl sites for hydroxylation is 2. The Morgan fingerprint density at radius 3 is 2.65 bits per heavy atom. The van der Waals surface area contributed by atoms with Crippen LogP contribution in [0.25, 0.3) is 0 Å². The number of aromatic nitrogens is 1. The van der Waals surface area contributed by atoms with Gasteiger partial charge in [0, 0.05) is 11.8 Å². The Kier molecular flexibility index (Phi) is 4.05. The van der Waals surface area contributed by atoms with E-state index in [1.807, 2.05) is 26.8 Å². The van der Waals surface area contributed by atoms with Crippen molar-refractivity contribution in [3.05, 3.63) is 47.0 Å². The zero-order valence-corrected chi connectivity index (χ0v) is 11.7. The number of anilines is 1. The molecule has 106 valence electrons. The van der Waals surface area contributed by atoms with Crippen molar-refractivity contribution in [3.63, 3.8) is 0 Å². The third kappa shape index (κ3) is 2.97. The van der Waals surface area contributed by atoms with Crippen LogP contribution >= 0.6 is 0 Å². The number of hydrazine groups is 1. The van der Waals surface area contributed by atoms with E-state index in [4.69, 9.17) is 10.3 Å². The monoisotopic (exact) mass is 274 g/mol. The molecule has 2 heterocycles. The fourth-order valence-electron chi connectivity index (χ4n) is 2.05. The molecule has 0 fully saturated rings. The molecule has 20 heavy (non-hydrogen) atoms. The first-order valence-corrected chi connectivity index (χ1v) is 6.31. The number of carbonyl (C=O) groups is 1. The van der Waals surface area contributed by atoms with Crippen LogP contribution in [-0.2, 0) is 0 Å². The highest BCUT2D eigenvalue weighted by molar-refractivity contribution is 5.94. The zero-order valence-electron chi connectivity index (χ0n) is 11.7. The molecule has 4 N–H and O–H groups in total. The Labute approximate surface area is 117 Å². The highest BCUT2D eigenvalue weighted by Crippen LogP contribution is 2.21. The first-order chi connectivity index (χ1) is 9.51. The van der Waals surface area contributed by atoms with Gasteiger partial charge in [0.25, 0.3) is 5.91 Å². The topological polar surface area (TPSA) is 93.2 Å². The predicted octanol–water partition coefficient (Wildman–Crippen LogP) is 2.07. The third-order valence-electron chi connectivity index (χ3n) is 3.07. The summed E-state index contributed by atoms with van der Waals surface area (Å²) in [5.74, 6) is 7.20. The van der Waals surface area contributed by atoms with E-state index in [0.29, 0.717) is 11.4 Å². The summed E-state index contributed by atoms with van der Waals surface area (Å²) in [4.78, 5) is 16.1. The van der Waals surface area contributed by atoms with Crippen LogP contribution in [0.5, 0.6) is 0 Å². The molecule has 2 aromatic heterocycles. The molecule has 1 amide bonds. The van der Waals surface area contributed by atoms with Crippen LogP contribution in [0, 0.1) is 13.8 Å². The van der Waals surface area contributed by atoms with Crippen LogP contribution in [0.15, 0.2) is 28.8 Å². The van der Waals surface area contributed by atoms with Crippen molar-refractivity contribution in [2.24, 2.45) is 5.84 Å². The number of nitrogen functional groups attached to an aromatic ring is 1. The molecule has 0 aliphatic carbocycles. The Morgan fingerprint density at radius 2 is 2.15 bits per heavy atom. The van der Waals surface area contributed by atoms with Crippen molar-refractivity contribution in [2.75, 3.05) is 5.43 Å². The lowest BCUT2D eigenvalue weighted by Gasteiger charge is -2.13. The van der Waals surface area contributed by atoms with Crippen molar-refractivity contribution in [1.82, 2.24) is 10.3 Å². The molecule has 0 saturated heterocycles. The number of amides is 1. The lowest BCUT2D eigenvalue weighted by Crippen LogP contribution is -2.27. The van der Waals surface area contributed by atoms with Gasteiger partial charge in [0.15, 0.2) is 0 Å². The molecule has 0 spiro atoms. The van der Waals surface area contributed by atoms with E-state index >= 15 is 0 Å². The number of furan rings is 1. The summed E-state index contributed by atoms with van der Waals surface area (Å²) in [6.45, 7) is 5.68. The maximum Gasteiger partial charge on any atom is 0.253 e. The molecular formula is C14H18N4O2. The molecule has 6 nitrogen and oxygen atoms in total. The van der Waals surface area contributed by atoms with Gasteiger partial charge in [-0.25, -0.2) is 10.8 Å². The van der Waals surface area contributed by atoms with Crippen molar-refractivity contribution < 1.29 is 9.21 Å². The third-order valence-corrected chi connectivity index (χ3v) is 3.07. The van der Waals surface area contributed by atoms with Gasteiger partial charge in [-0.3, -0.25) is 4.79 Å². The van der Waals surface area contributed by atoms with E-state index in [2.05, 4.69) is 15.7 Å². The molecule has 0 aromatic carbocycles. The summed E-state index contributed by atoms with van der Waals surface area (Å²) in [5, 5.41) is 2.91. The Hall–Kier alpha value is -2.34. The van der Waals surface area contributed by atoms with Crippen LogP contribution in [0.3, 0.4) is 0 Å². The van der Waals surface area contributed by atoms with Gasteiger partial charge in [-0.15, -0.1) is 0 Å². The Balaban J connectivity index is 2.08. The summed E-state index contributed by atoms with van der Waals surface area (Å²) >= 11 is 0. The predicted molar refractivity (Wildman–Crippen MR) is 76.1 cm³/mol. The summed E-state index contributed by atoms with van der Waals surface area (Å²) in [6, 6.07) is 5.11. The smallest absolute Gasteiger partial charge is 0.253 e. The summed E-state index contributed by atoms with van der Waals surface area (Å²) in [5.41, 5.74) is 3.87. The van der Waals surface area contributed by atoms with E-state index < -0.39 is 0 Å². The van der Waals surface area contributed by atoms with Gasteiger partial charge in [0.05, 0.1) is 11.6 Å². The molecule has 0 saturated carbocycles. The molecule has 1 unspecified atom stereocenters. The van der Waals surface area contributed by atoms with Crippen molar-refractivity contribution >= 4 is 11.7 Å². The first kappa shape index (κ1) is 14.1. The molecule has 0 aliphatic heterocycles. The van der Waals surface area contributed by atoms with Crippen LogP contribution in [0.4, 0.5) is 5.82 Å². The van der Waals surface area contributed by atoms with E-state index in [-0.39, 0.29) is 11.9 Å². The standard InChI is InChI=1S/C14H18N4O2/c1-8-6-12(10(3)20-8)9(2)17-14(19)11-4-5-13(18-15)16-7-11/h4-7,9H,15H2,1-3H3,(H,16,18)(H,17,19). The SMILES string of the molecule is Cc1cc(C(C)NC(=O)c2ccc(NN)nc2)c(C)o1. The fraction of sp³-hybridized carbons (Fsp3) is 0.286. The lowest BCUT2D eigenvalue weighted by molar-refractivity contribution is 0.0939.